The Morgan fingerprint density at radius 1 is 1.30 bits per heavy atom. The van der Waals surface area contributed by atoms with Crippen LogP contribution in [0.25, 0.3) is 0 Å². The first-order valence-corrected chi connectivity index (χ1v) is 7.28. The summed E-state index contributed by atoms with van der Waals surface area (Å²) in [6, 6.07) is 6.68. The Labute approximate surface area is 137 Å². The van der Waals surface area contributed by atoms with Gasteiger partial charge in [-0.25, -0.2) is 4.39 Å². The standard InChI is InChI=1S/C16H15ClFN3O2/c1-10(15(22)20-9-11-4-3-7-19-8-11)21-16(23)14-12(17)5-2-6-13(14)18/h2-8,10H,9H2,1H3,(H,20,22)(H,21,23)/t10-/m0/s1. The van der Waals surface area contributed by atoms with Gasteiger partial charge in [0.2, 0.25) is 5.91 Å². The molecule has 2 N–H and O–H groups in total. The molecular formula is C16H15ClFN3O2. The highest BCUT2D eigenvalue weighted by atomic mass is 35.5. The minimum Gasteiger partial charge on any atom is -0.350 e. The second kappa shape index (κ2) is 7.69. The summed E-state index contributed by atoms with van der Waals surface area (Å²) < 4.78 is 13.7. The molecule has 0 radical (unpaired) electrons. The van der Waals surface area contributed by atoms with E-state index in [4.69, 9.17) is 11.6 Å². The van der Waals surface area contributed by atoms with Gasteiger partial charge in [-0.05, 0) is 30.7 Å². The van der Waals surface area contributed by atoms with E-state index in [1.54, 1.807) is 18.5 Å². The molecule has 1 heterocycles. The van der Waals surface area contributed by atoms with E-state index in [0.717, 1.165) is 11.6 Å². The first-order valence-electron chi connectivity index (χ1n) is 6.90. The molecule has 1 aromatic heterocycles. The topological polar surface area (TPSA) is 71.1 Å². The molecule has 120 valence electrons. The number of pyridine rings is 1. The smallest absolute Gasteiger partial charge is 0.256 e. The highest BCUT2D eigenvalue weighted by Crippen LogP contribution is 2.18. The van der Waals surface area contributed by atoms with E-state index < -0.39 is 23.7 Å². The minimum atomic E-state index is -0.838. The fraction of sp³-hybridized carbons (Fsp3) is 0.188. The summed E-state index contributed by atoms with van der Waals surface area (Å²) in [4.78, 5) is 28.0. The number of aromatic nitrogens is 1. The number of hydrogen-bond acceptors (Lipinski definition) is 3. The lowest BCUT2D eigenvalue weighted by Gasteiger charge is -2.15. The van der Waals surface area contributed by atoms with E-state index >= 15 is 0 Å². The lowest BCUT2D eigenvalue weighted by atomic mass is 10.2. The molecule has 2 rings (SSSR count). The Balaban J connectivity index is 1.94. The van der Waals surface area contributed by atoms with Crippen molar-refractivity contribution < 1.29 is 14.0 Å². The van der Waals surface area contributed by atoms with Crippen LogP contribution in [0.15, 0.2) is 42.7 Å². The number of rotatable bonds is 5. The molecule has 1 aromatic carbocycles. The lowest BCUT2D eigenvalue weighted by molar-refractivity contribution is -0.122. The number of carbonyl (C=O) groups excluding carboxylic acids is 2. The van der Waals surface area contributed by atoms with E-state index in [1.165, 1.54) is 19.1 Å². The van der Waals surface area contributed by atoms with Gasteiger partial charge in [0.05, 0.1) is 10.6 Å². The molecule has 0 aliphatic carbocycles. The van der Waals surface area contributed by atoms with Crippen molar-refractivity contribution in [2.24, 2.45) is 0 Å². The maximum atomic E-state index is 13.7. The van der Waals surface area contributed by atoms with Crippen LogP contribution >= 0.6 is 11.6 Å². The molecule has 0 saturated heterocycles. The van der Waals surface area contributed by atoms with E-state index in [0.29, 0.717) is 0 Å². The van der Waals surface area contributed by atoms with Gasteiger partial charge in [-0.2, -0.15) is 0 Å². The Morgan fingerprint density at radius 2 is 2.09 bits per heavy atom. The molecular weight excluding hydrogens is 321 g/mol. The van der Waals surface area contributed by atoms with Crippen LogP contribution in [-0.2, 0) is 11.3 Å². The third-order valence-corrected chi connectivity index (χ3v) is 3.44. The van der Waals surface area contributed by atoms with Crippen molar-refractivity contribution in [2.75, 3.05) is 0 Å². The Hall–Kier alpha value is -2.47. The minimum absolute atomic E-state index is 0.00883. The summed E-state index contributed by atoms with van der Waals surface area (Å²) in [6.07, 6.45) is 3.26. The van der Waals surface area contributed by atoms with Gasteiger partial charge in [0.15, 0.2) is 0 Å². The van der Waals surface area contributed by atoms with Crippen LogP contribution in [0.3, 0.4) is 0 Å². The molecule has 7 heteroatoms. The van der Waals surface area contributed by atoms with Crippen molar-refractivity contribution in [1.29, 1.82) is 0 Å². The van der Waals surface area contributed by atoms with Crippen molar-refractivity contribution in [2.45, 2.75) is 19.5 Å². The number of amides is 2. The van der Waals surface area contributed by atoms with Crippen LogP contribution < -0.4 is 10.6 Å². The molecule has 0 unspecified atom stereocenters. The number of halogens is 2. The molecule has 2 amide bonds. The zero-order chi connectivity index (χ0) is 16.8. The highest BCUT2D eigenvalue weighted by molar-refractivity contribution is 6.33. The summed E-state index contributed by atoms with van der Waals surface area (Å²) in [7, 11) is 0. The maximum absolute atomic E-state index is 13.7. The maximum Gasteiger partial charge on any atom is 0.256 e. The molecule has 0 aliphatic heterocycles. The van der Waals surface area contributed by atoms with E-state index in [2.05, 4.69) is 15.6 Å². The van der Waals surface area contributed by atoms with Crippen LogP contribution in [0.2, 0.25) is 5.02 Å². The van der Waals surface area contributed by atoms with Crippen molar-refractivity contribution >= 4 is 23.4 Å². The lowest BCUT2D eigenvalue weighted by Crippen LogP contribution is -2.44. The van der Waals surface area contributed by atoms with Crippen molar-refractivity contribution in [3.8, 4) is 0 Å². The first-order chi connectivity index (χ1) is 11.0. The largest absolute Gasteiger partial charge is 0.350 e. The summed E-state index contributed by atoms with van der Waals surface area (Å²) in [5, 5.41) is 5.08. The number of benzene rings is 1. The SMILES string of the molecule is C[C@H](NC(=O)c1c(F)cccc1Cl)C(=O)NCc1cccnc1. The molecule has 23 heavy (non-hydrogen) atoms. The van der Waals surface area contributed by atoms with Crippen molar-refractivity contribution in [1.82, 2.24) is 15.6 Å². The molecule has 0 bridgehead atoms. The van der Waals surface area contributed by atoms with E-state index in [1.807, 2.05) is 6.07 Å². The van der Waals surface area contributed by atoms with Gasteiger partial charge in [0, 0.05) is 18.9 Å². The van der Waals surface area contributed by atoms with Gasteiger partial charge < -0.3 is 10.6 Å². The van der Waals surface area contributed by atoms with Crippen LogP contribution in [0.5, 0.6) is 0 Å². The average molecular weight is 336 g/mol. The van der Waals surface area contributed by atoms with Crippen LogP contribution in [0, 0.1) is 5.82 Å². The zero-order valence-electron chi connectivity index (χ0n) is 12.3. The highest BCUT2D eigenvalue weighted by Gasteiger charge is 2.20. The van der Waals surface area contributed by atoms with Gasteiger partial charge in [-0.1, -0.05) is 23.7 Å². The monoisotopic (exact) mass is 335 g/mol. The number of hydrogen-bond donors (Lipinski definition) is 2. The fourth-order valence-corrected chi connectivity index (χ4v) is 2.14. The fourth-order valence-electron chi connectivity index (χ4n) is 1.89. The van der Waals surface area contributed by atoms with Crippen molar-refractivity contribution in [3.63, 3.8) is 0 Å². The molecule has 0 fully saturated rings. The van der Waals surface area contributed by atoms with Crippen LogP contribution in [0.4, 0.5) is 4.39 Å². The van der Waals surface area contributed by atoms with Gasteiger partial charge in [0.1, 0.15) is 11.9 Å². The molecule has 2 aromatic rings. The quantitative estimate of drug-likeness (QED) is 0.880. The van der Waals surface area contributed by atoms with Crippen molar-refractivity contribution in [3.05, 3.63) is 64.7 Å². The van der Waals surface area contributed by atoms with Crippen LogP contribution in [0.1, 0.15) is 22.8 Å². The number of nitrogens with zero attached hydrogens (tertiary/aromatic N) is 1. The Bertz CT molecular complexity index is 689. The number of carbonyl (C=O) groups is 2. The normalized spacial score (nSPS) is 11.6. The third-order valence-electron chi connectivity index (χ3n) is 3.12. The molecule has 1 atom stereocenters. The predicted molar refractivity (Wildman–Crippen MR) is 84.4 cm³/mol. The summed E-state index contributed by atoms with van der Waals surface area (Å²) in [6.45, 7) is 1.79. The summed E-state index contributed by atoms with van der Waals surface area (Å²) in [5.41, 5.74) is 0.553. The zero-order valence-corrected chi connectivity index (χ0v) is 13.1. The Morgan fingerprint density at radius 3 is 2.74 bits per heavy atom. The number of nitrogens with one attached hydrogen (secondary N) is 2. The second-order valence-corrected chi connectivity index (χ2v) is 5.28. The van der Waals surface area contributed by atoms with Crippen LogP contribution in [-0.4, -0.2) is 22.8 Å². The van der Waals surface area contributed by atoms with Gasteiger partial charge in [0.25, 0.3) is 5.91 Å². The Kier molecular flexibility index (Phi) is 5.65. The van der Waals surface area contributed by atoms with Gasteiger partial charge >= 0.3 is 0 Å². The molecule has 0 saturated carbocycles. The second-order valence-electron chi connectivity index (χ2n) is 4.87. The molecule has 0 aliphatic rings. The van der Waals surface area contributed by atoms with Gasteiger partial charge in [-0.3, -0.25) is 14.6 Å². The summed E-state index contributed by atoms with van der Waals surface area (Å²) >= 11 is 5.82. The van der Waals surface area contributed by atoms with E-state index in [-0.39, 0.29) is 17.1 Å². The third kappa shape index (κ3) is 4.50. The molecule has 0 spiro atoms. The average Bonchev–Trinajstić information content (AvgIpc) is 2.53. The summed E-state index contributed by atoms with van der Waals surface area (Å²) in [5.74, 6) is -1.87. The first kappa shape index (κ1) is 16.9. The van der Waals surface area contributed by atoms with Gasteiger partial charge in [-0.15, -0.1) is 0 Å². The van der Waals surface area contributed by atoms with E-state index in [9.17, 15) is 14.0 Å². The molecule has 5 nitrogen and oxygen atoms in total. The predicted octanol–water partition coefficient (Wildman–Crippen LogP) is 2.31.